The van der Waals surface area contributed by atoms with Crippen molar-refractivity contribution in [1.29, 1.82) is 0 Å². The van der Waals surface area contributed by atoms with Crippen LogP contribution < -0.4 is 22.5 Å². The van der Waals surface area contributed by atoms with Crippen molar-refractivity contribution in [2.75, 3.05) is 5.32 Å². The highest BCUT2D eigenvalue weighted by atomic mass is 16.2. The molecular weight excluding hydrogens is 272 g/mol. The summed E-state index contributed by atoms with van der Waals surface area (Å²) in [5.41, 5.74) is 16.5. The lowest BCUT2D eigenvalue weighted by atomic mass is 10.1. The lowest BCUT2D eigenvalue weighted by molar-refractivity contribution is -0.116. The molecule has 114 valence electrons. The number of carbonyl (C=O) groups excluding carboxylic acids is 3. The van der Waals surface area contributed by atoms with Crippen molar-refractivity contribution in [2.24, 2.45) is 17.2 Å². The van der Waals surface area contributed by atoms with Crippen LogP contribution in [-0.4, -0.2) is 23.8 Å². The Hall–Kier alpha value is -2.41. The van der Waals surface area contributed by atoms with E-state index in [1.54, 1.807) is 0 Å². The Kier molecular flexibility index (Phi) is 5.86. The van der Waals surface area contributed by atoms with Crippen LogP contribution in [0, 0.1) is 0 Å². The fourth-order valence-corrected chi connectivity index (χ4v) is 1.79. The molecule has 7 heteroatoms. The predicted octanol–water partition coefficient (Wildman–Crippen LogP) is 0.340. The minimum atomic E-state index is -0.703. The van der Waals surface area contributed by atoms with Crippen molar-refractivity contribution in [2.45, 2.75) is 32.2 Å². The van der Waals surface area contributed by atoms with Crippen LogP contribution in [0.2, 0.25) is 0 Å². The maximum Gasteiger partial charge on any atom is 0.248 e. The van der Waals surface area contributed by atoms with Crippen LogP contribution in [-0.2, 0) is 4.79 Å². The van der Waals surface area contributed by atoms with Gasteiger partial charge in [-0.3, -0.25) is 14.4 Å². The Morgan fingerprint density at radius 3 is 2.05 bits per heavy atom. The third kappa shape index (κ3) is 5.62. The first-order valence-electron chi connectivity index (χ1n) is 6.59. The highest BCUT2D eigenvalue weighted by Gasteiger charge is 2.11. The average Bonchev–Trinajstić information content (AvgIpc) is 2.37. The zero-order valence-electron chi connectivity index (χ0n) is 11.9. The van der Waals surface area contributed by atoms with E-state index in [-0.39, 0.29) is 23.1 Å². The molecule has 0 bridgehead atoms. The molecule has 0 fully saturated rings. The number of nitrogens with two attached hydrogens (primary N) is 3. The summed E-state index contributed by atoms with van der Waals surface area (Å²) in [5.74, 6) is -1.64. The number of hydrogen-bond acceptors (Lipinski definition) is 4. The number of anilines is 1. The molecule has 3 amide bonds. The number of hydrogen-bond donors (Lipinski definition) is 4. The van der Waals surface area contributed by atoms with Crippen LogP contribution in [0.4, 0.5) is 5.69 Å². The van der Waals surface area contributed by atoms with E-state index in [1.165, 1.54) is 18.2 Å². The van der Waals surface area contributed by atoms with Crippen LogP contribution in [0.1, 0.15) is 46.9 Å². The average molecular weight is 292 g/mol. The molecule has 7 N–H and O–H groups in total. The summed E-state index contributed by atoms with van der Waals surface area (Å²) in [7, 11) is 0. The van der Waals surface area contributed by atoms with E-state index in [2.05, 4.69) is 5.32 Å². The van der Waals surface area contributed by atoms with E-state index in [0.717, 1.165) is 6.42 Å². The first-order valence-corrected chi connectivity index (χ1v) is 6.59. The molecule has 1 atom stereocenters. The second-order valence-corrected chi connectivity index (χ2v) is 4.95. The van der Waals surface area contributed by atoms with Crippen LogP contribution in [0.3, 0.4) is 0 Å². The van der Waals surface area contributed by atoms with Crippen LogP contribution in [0.5, 0.6) is 0 Å². The molecular formula is C14H20N4O3. The Balaban J connectivity index is 2.80. The van der Waals surface area contributed by atoms with Crippen molar-refractivity contribution in [3.05, 3.63) is 29.3 Å². The topological polar surface area (TPSA) is 141 Å². The van der Waals surface area contributed by atoms with Gasteiger partial charge >= 0.3 is 0 Å². The summed E-state index contributed by atoms with van der Waals surface area (Å²) >= 11 is 0. The molecule has 0 saturated heterocycles. The Morgan fingerprint density at radius 1 is 1.10 bits per heavy atom. The van der Waals surface area contributed by atoms with Gasteiger partial charge in [0.15, 0.2) is 0 Å². The van der Waals surface area contributed by atoms with Gasteiger partial charge in [0.2, 0.25) is 17.7 Å². The van der Waals surface area contributed by atoms with E-state index < -0.39 is 11.8 Å². The van der Waals surface area contributed by atoms with Crippen molar-refractivity contribution >= 4 is 23.4 Å². The van der Waals surface area contributed by atoms with Crippen molar-refractivity contribution in [3.8, 4) is 0 Å². The zero-order chi connectivity index (χ0) is 16.0. The number of nitrogens with one attached hydrogen (secondary N) is 1. The molecule has 1 rings (SSSR count). The number of amides is 3. The molecule has 1 aromatic carbocycles. The summed E-state index contributed by atoms with van der Waals surface area (Å²) in [6, 6.07) is 4.13. The van der Waals surface area contributed by atoms with Crippen LogP contribution in [0.25, 0.3) is 0 Å². The second kappa shape index (κ2) is 7.39. The number of rotatable bonds is 7. The highest BCUT2D eigenvalue weighted by molar-refractivity contribution is 6.01. The summed E-state index contributed by atoms with van der Waals surface area (Å²) in [5, 5.41) is 2.61. The summed E-state index contributed by atoms with van der Waals surface area (Å²) in [6.45, 7) is 1.87. The first kappa shape index (κ1) is 16.6. The van der Waals surface area contributed by atoms with Crippen molar-refractivity contribution in [1.82, 2.24) is 0 Å². The van der Waals surface area contributed by atoms with E-state index in [0.29, 0.717) is 18.5 Å². The van der Waals surface area contributed by atoms with Crippen LogP contribution in [0.15, 0.2) is 18.2 Å². The molecule has 0 saturated carbocycles. The third-order valence-electron chi connectivity index (χ3n) is 2.85. The Bertz CT molecular complexity index is 523. The minimum absolute atomic E-state index is 0.0393. The normalized spacial score (nSPS) is 11.7. The SMILES string of the molecule is CC(N)CCCC(=O)Nc1cc(C(N)=O)cc(C(N)=O)c1. The Labute approximate surface area is 122 Å². The highest BCUT2D eigenvalue weighted by Crippen LogP contribution is 2.15. The summed E-state index contributed by atoms with van der Waals surface area (Å²) < 4.78 is 0. The third-order valence-corrected chi connectivity index (χ3v) is 2.85. The van der Waals surface area contributed by atoms with E-state index in [1.807, 2.05) is 6.92 Å². The standard InChI is InChI=1S/C14H20N4O3/c1-8(15)3-2-4-12(19)18-11-6-9(13(16)20)5-10(7-11)14(17)21/h5-8H,2-4,15H2,1H3,(H2,16,20)(H2,17,21)(H,18,19). The molecule has 0 aliphatic rings. The van der Waals surface area contributed by atoms with Gasteiger partial charge < -0.3 is 22.5 Å². The summed E-state index contributed by atoms with van der Waals surface area (Å²) in [6.07, 6.45) is 1.69. The van der Waals surface area contributed by atoms with E-state index in [4.69, 9.17) is 17.2 Å². The molecule has 7 nitrogen and oxygen atoms in total. The minimum Gasteiger partial charge on any atom is -0.366 e. The van der Waals surface area contributed by atoms with Crippen molar-refractivity contribution in [3.63, 3.8) is 0 Å². The van der Waals surface area contributed by atoms with Crippen LogP contribution >= 0.6 is 0 Å². The van der Waals surface area contributed by atoms with Gasteiger partial charge in [-0.05, 0) is 38.0 Å². The van der Waals surface area contributed by atoms with Gasteiger partial charge in [0.25, 0.3) is 0 Å². The predicted molar refractivity (Wildman–Crippen MR) is 79.6 cm³/mol. The quantitative estimate of drug-likeness (QED) is 0.574. The summed E-state index contributed by atoms with van der Waals surface area (Å²) in [4.78, 5) is 34.2. The van der Waals surface area contributed by atoms with E-state index >= 15 is 0 Å². The van der Waals surface area contributed by atoms with Gasteiger partial charge in [-0.2, -0.15) is 0 Å². The molecule has 1 unspecified atom stereocenters. The van der Waals surface area contributed by atoms with Gasteiger partial charge in [0, 0.05) is 29.3 Å². The molecule has 0 aliphatic carbocycles. The fourth-order valence-electron chi connectivity index (χ4n) is 1.79. The van der Waals surface area contributed by atoms with E-state index in [9.17, 15) is 14.4 Å². The lowest BCUT2D eigenvalue weighted by Gasteiger charge is -2.09. The molecule has 0 aliphatic heterocycles. The van der Waals surface area contributed by atoms with Gasteiger partial charge in [0.1, 0.15) is 0 Å². The molecule has 0 heterocycles. The van der Waals surface area contributed by atoms with Gasteiger partial charge in [-0.1, -0.05) is 0 Å². The number of primary amides is 2. The molecule has 0 radical (unpaired) electrons. The number of carbonyl (C=O) groups is 3. The monoisotopic (exact) mass is 292 g/mol. The molecule has 1 aromatic rings. The largest absolute Gasteiger partial charge is 0.366 e. The molecule has 0 spiro atoms. The lowest BCUT2D eigenvalue weighted by Crippen LogP contribution is -2.19. The van der Waals surface area contributed by atoms with Crippen molar-refractivity contribution < 1.29 is 14.4 Å². The first-order chi connectivity index (χ1) is 9.79. The fraction of sp³-hybridized carbons (Fsp3) is 0.357. The van der Waals surface area contributed by atoms with Gasteiger partial charge in [-0.25, -0.2) is 0 Å². The maximum atomic E-state index is 11.8. The van der Waals surface area contributed by atoms with Gasteiger partial charge in [-0.15, -0.1) is 0 Å². The zero-order valence-corrected chi connectivity index (χ0v) is 11.9. The second-order valence-electron chi connectivity index (χ2n) is 4.95. The molecule has 21 heavy (non-hydrogen) atoms. The molecule has 0 aromatic heterocycles. The number of benzene rings is 1. The van der Waals surface area contributed by atoms with Gasteiger partial charge in [0.05, 0.1) is 0 Å². The maximum absolute atomic E-state index is 11.8. The smallest absolute Gasteiger partial charge is 0.248 e. The Morgan fingerprint density at radius 2 is 1.62 bits per heavy atom.